The van der Waals surface area contributed by atoms with Gasteiger partial charge in [-0.25, -0.2) is 4.98 Å². The Labute approximate surface area is 205 Å². The van der Waals surface area contributed by atoms with Crippen LogP contribution in [0.3, 0.4) is 0 Å². The number of rotatable bonds is 3. The van der Waals surface area contributed by atoms with E-state index >= 15 is 0 Å². The molecule has 0 bridgehead atoms. The van der Waals surface area contributed by atoms with E-state index in [1.165, 1.54) is 12.1 Å². The molecule has 0 saturated heterocycles. The molecule has 28 heavy (non-hydrogen) atoms. The molecule has 2 aromatic carbocycles. The van der Waals surface area contributed by atoms with Crippen molar-refractivity contribution in [2.45, 2.75) is 5.41 Å². The van der Waals surface area contributed by atoms with Crippen molar-refractivity contribution < 1.29 is 19.8 Å². The third-order valence-electron chi connectivity index (χ3n) is 4.53. The van der Waals surface area contributed by atoms with E-state index in [1.54, 1.807) is 24.3 Å². The van der Waals surface area contributed by atoms with Gasteiger partial charge in [0.2, 0.25) is 5.41 Å². The number of hydrogen-bond acceptors (Lipinski definition) is 4. The number of benzene rings is 2. The first-order valence-corrected chi connectivity index (χ1v) is 7.95. The van der Waals surface area contributed by atoms with E-state index < -0.39 is 17.4 Å². The van der Waals surface area contributed by atoms with Gasteiger partial charge in [-0.15, -0.1) is 0 Å². The van der Waals surface area contributed by atoms with Gasteiger partial charge in [0.15, 0.2) is 0 Å². The zero-order valence-corrected chi connectivity index (χ0v) is 13.5. The van der Waals surface area contributed by atoms with Crippen molar-refractivity contribution >= 4 is 93.3 Å². The van der Waals surface area contributed by atoms with Crippen LogP contribution in [0, 0.1) is 0 Å². The van der Waals surface area contributed by atoms with E-state index in [1.807, 2.05) is 30.3 Å². The van der Waals surface area contributed by atoms with Crippen LogP contribution < -0.4 is 5.32 Å². The fourth-order valence-electron chi connectivity index (χ4n) is 3.21. The second-order valence-electron chi connectivity index (χ2n) is 6.04. The fraction of sp³-hybridized carbons (Fsp3) is 0.0500. The molecule has 132 valence electrons. The van der Waals surface area contributed by atoms with Gasteiger partial charge in [0.1, 0.15) is 0 Å². The molecule has 8 heteroatoms. The average molecular weight is 394 g/mol. The molecule has 6 nitrogen and oxygen atoms in total. The van der Waals surface area contributed by atoms with E-state index in [0.717, 1.165) is 10.9 Å². The number of aliphatic carboxylic acids is 2. The summed E-state index contributed by atoms with van der Waals surface area (Å²) in [5.74, 6) is -2.89. The summed E-state index contributed by atoms with van der Waals surface area (Å²) in [5.41, 5.74) is 0.00580. The Morgan fingerprint density at radius 3 is 2.21 bits per heavy atom. The van der Waals surface area contributed by atoms with E-state index in [4.69, 9.17) is 0 Å². The van der Waals surface area contributed by atoms with E-state index in [-0.39, 0.29) is 64.7 Å². The van der Waals surface area contributed by atoms with Gasteiger partial charge in [-0.2, -0.15) is 0 Å². The van der Waals surface area contributed by atoms with Crippen LogP contribution in [-0.4, -0.2) is 86.3 Å². The van der Waals surface area contributed by atoms with Gasteiger partial charge in [-0.3, -0.25) is 9.59 Å². The van der Waals surface area contributed by atoms with Crippen LogP contribution in [0.1, 0.15) is 11.3 Å². The number of carboxylic acids is 2. The van der Waals surface area contributed by atoms with Crippen molar-refractivity contribution in [3.63, 3.8) is 0 Å². The van der Waals surface area contributed by atoms with Gasteiger partial charge in [-0.1, -0.05) is 42.5 Å². The predicted octanol–water partition coefficient (Wildman–Crippen LogP) is 1.81. The molecule has 0 spiro atoms. The third kappa shape index (κ3) is 3.64. The van der Waals surface area contributed by atoms with Crippen molar-refractivity contribution in [1.29, 1.82) is 0 Å². The van der Waals surface area contributed by atoms with Crippen LogP contribution in [0.4, 0.5) is 5.69 Å². The van der Waals surface area contributed by atoms with Gasteiger partial charge in [0.25, 0.3) is 0 Å². The Morgan fingerprint density at radius 2 is 1.50 bits per heavy atom. The Morgan fingerprint density at radius 1 is 0.857 bits per heavy atom. The molecule has 3 aromatic rings. The molecule has 0 atom stereocenters. The minimum atomic E-state index is -2.18. The topological polar surface area (TPSA) is 99.5 Å². The number of carboxylic acid groups (broad SMARTS) is 2. The number of nitrogens with one attached hydrogen (secondary N) is 1. The maximum atomic E-state index is 12.0. The summed E-state index contributed by atoms with van der Waals surface area (Å²) >= 11 is 0. The monoisotopic (exact) mass is 394 g/mol. The third-order valence-corrected chi connectivity index (χ3v) is 4.53. The van der Waals surface area contributed by atoms with E-state index in [0.29, 0.717) is 17.1 Å². The zero-order chi connectivity index (χ0) is 18.3. The van der Waals surface area contributed by atoms with Gasteiger partial charge in [0, 0.05) is 16.6 Å². The molecule has 1 aliphatic heterocycles. The van der Waals surface area contributed by atoms with Crippen LogP contribution in [0.15, 0.2) is 66.7 Å². The first kappa shape index (κ1) is 22.6. The molecule has 0 unspecified atom stereocenters. The number of hydrogen-bond donors (Lipinski definition) is 3. The van der Waals surface area contributed by atoms with Crippen molar-refractivity contribution in [2.75, 3.05) is 5.32 Å². The van der Waals surface area contributed by atoms with Gasteiger partial charge < -0.3 is 15.5 Å². The number of pyridine rings is 1. The zero-order valence-electron chi connectivity index (χ0n) is 13.5. The van der Waals surface area contributed by atoms with Gasteiger partial charge in [0.05, 0.1) is 16.9 Å². The molecule has 0 aliphatic carbocycles. The normalized spacial score (nSPS) is 13.8. The Balaban J connectivity index is 0.00000140. The molecular weight excluding hydrogens is 378 g/mol. The molecule has 3 N–H and O–H groups in total. The molecule has 4 rings (SSSR count). The van der Waals surface area contributed by atoms with Crippen molar-refractivity contribution in [1.82, 2.24) is 4.98 Å². The van der Waals surface area contributed by atoms with Crippen LogP contribution >= 0.6 is 0 Å². The second kappa shape index (κ2) is 8.78. The number of anilines is 1. The summed E-state index contributed by atoms with van der Waals surface area (Å²) in [6.07, 6.45) is 1.22. The molecule has 2 heterocycles. The minimum absolute atomic E-state index is 0. The number of fused-ring (bicyclic) bond motifs is 2. The van der Waals surface area contributed by atoms with Crippen molar-refractivity contribution in [3.05, 3.63) is 78.0 Å². The van der Waals surface area contributed by atoms with Gasteiger partial charge >= 0.3 is 71.1 Å². The number of nitrogens with zero attached hydrogens (tertiary/aromatic N) is 1. The van der Waals surface area contributed by atoms with E-state index in [9.17, 15) is 19.8 Å². The Hall–Kier alpha value is -1.67. The molecule has 1 aromatic heterocycles. The predicted molar refractivity (Wildman–Crippen MR) is 111 cm³/mol. The summed E-state index contributed by atoms with van der Waals surface area (Å²) in [5, 5.41) is 23.6. The molecule has 0 saturated carbocycles. The van der Waals surface area contributed by atoms with Crippen LogP contribution in [0.5, 0.6) is 0 Å². The first-order valence-electron chi connectivity index (χ1n) is 7.95. The molecule has 0 fully saturated rings. The summed E-state index contributed by atoms with van der Waals surface area (Å²) < 4.78 is 0. The molecule has 1 aliphatic rings. The first-order chi connectivity index (χ1) is 12.5. The SMILES string of the molecule is O=C(O)C1(C(=O)O)C=C(c2ccc3ccccc3n2)Nc2ccccc21.[NaH].[NaH]. The average Bonchev–Trinajstić information content (AvgIpc) is 2.66. The van der Waals surface area contributed by atoms with Crippen molar-refractivity contribution in [2.24, 2.45) is 0 Å². The number of carbonyl (C=O) groups is 2. The second-order valence-corrected chi connectivity index (χ2v) is 6.04. The fourth-order valence-corrected chi connectivity index (χ4v) is 3.21. The maximum absolute atomic E-state index is 12.0. The summed E-state index contributed by atoms with van der Waals surface area (Å²) in [7, 11) is 0. The standard InChI is InChI=1S/C20H14N2O4.2Na.2H/c23-18(24)20(19(25)26)11-17(22-15-8-4-2-6-13(15)20)16-10-9-12-5-1-3-7-14(12)21-16;;;;/h1-11,22H,(H,23,24)(H,25,26);;;;. The Bertz CT molecular complexity index is 1080. The van der Waals surface area contributed by atoms with Crippen LogP contribution in [-0.2, 0) is 15.0 Å². The number of aromatic nitrogens is 1. The van der Waals surface area contributed by atoms with Crippen LogP contribution in [0.25, 0.3) is 16.6 Å². The summed E-state index contributed by atoms with van der Waals surface area (Å²) in [6.45, 7) is 0. The van der Waals surface area contributed by atoms with Crippen LogP contribution in [0.2, 0.25) is 0 Å². The molecular formula is C20H16N2Na2O4. The van der Waals surface area contributed by atoms with Crippen molar-refractivity contribution in [3.8, 4) is 0 Å². The summed E-state index contributed by atoms with van der Waals surface area (Å²) in [6, 6.07) is 17.6. The Kier molecular flexibility index (Phi) is 7.09. The summed E-state index contributed by atoms with van der Waals surface area (Å²) in [4.78, 5) is 28.5. The number of para-hydroxylation sites is 2. The molecule has 0 amide bonds. The van der Waals surface area contributed by atoms with E-state index in [2.05, 4.69) is 10.3 Å². The quantitative estimate of drug-likeness (QED) is 0.463. The molecule has 0 radical (unpaired) electrons. The van der Waals surface area contributed by atoms with Gasteiger partial charge in [-0.05, 0) is 24.3 Å².